The van der Waals surface area contributed by atoms with Crippen molar-refractivity contribution < 1.29 is 51.9 Å². The lowest BCUT2D eigenvalue weighted by atomic mass is 10.3. The zero-order valence-corrected chi connectivity index (χ0v) is 15.2. The Labute approximate surface area is 146 Å². The molecule has 0 aromatic carbocycles. The number of halogens is 6. The first-order chi connectivity index (χ1) is 11.4. The van der Waals surface area contributed by atoms with Crippen LogP contribution in [0.1, 0.15) is 0 Å². The molecule has 0 aromatic heterocycles. The second-order valence-corrected chi connectivity index (χ2v) is 9.82. The van der Waals surface area contributed by atoms with E-state index in [1.807, 2.05) is 0 Å². The van der Waals surface area contributed by atoms with Crippen molar-refractivity contribution in [2.75, 3.05) is 33.2 Å². The third-order valence-electron chi connectivity index (χ3n) is 3.38. The van der Waals surface area contributed by atoms with Gasteiger partial charge in [0.05, 0.1) is 0 Å². The van der Waals surface area contributed by atoms with Crippen molar-refractivity contribution in [3.63, 3.8) is 0 Å². The summed E-state index contributed by atoms with van der Waals surface area (Å²) in [6.45, 7) is -1.77. The molecule has 1 saturated heterocycles. The van der Waals surface area contributed by atoms with E-state index in [1.165, 1.54) is 11.9 Å². The van der Waals surface area contributed by atoms with Gasteiger partial charge in [0.1, 0.15) is 0 Å². The smallest absolute Gasteiger partial charge is 0.304 e. The van der Waals surface area contributed by atoms with Crippen LogP contribution in [0, 0.1) is 0 Å². The lowest BCUT2D eigenvalue weighted by Crippen LogP contribution is -2.65. The Balaban J connectivity index is 3.37. The largest absolute Gasteiger partial charge is 0.429 e. The van der Waals surface area contributed by atoms with Crippen LogP contribution in [0.2, 0.25) is 0 Å². The van der Waals surface area contributed by atoms with Crippen molar-refractivity contribution in [2.24, 2.45) is 0 Å². The van der Waals surface area contributed by atoms with E-state index in [0.29, 0.717) is 0 Å². The molecule has 2 N–H and O–H groups in total. The molecule has 1 aliphatic rings. The Morgan fingerprint density at radius 2 is 1.35 bits per heavy atom. The summed E-state index contributed by atoms with van der Waals surface area (Å²) in [5.74, 6) is -6.96. The van der Waals surface area contributed by atoms with E-state index in [2.05, 4.69) is 0 Å². The summed E-state index contributed by atoms with van der Waals surface area (Å²) in [4.78, 5) is 1.45. The number of likely N-dealkylation sites (N-methyl/N-ethyl adjacent to an activating group) is 1. The first-order valence-corrected chi connectivity index (χ1v) is 10.4. The van der Waals surface area contributed by atoms with Crippen LogP contribution in [0.5, 0.6) is 0 Å². The molecule has 0 aromatic rings. The molecule has 156 valence electrons. The van der Waals surface area contributed by atoms with Crippen molar-refractivity contribution in [1.82, 2.24) is 13.3 Å². The van der Waals surface area contributed by atoms with Gasteiger partial charge in [0.2, 0.25) is 11.3 Å². The topological polar surface area (TPSA) is 124 Å². The average Bonchev–Trinajstić information content (AvgIpc) is 2.45. The lowest BCUT2D eigenvalue weighted by molar-refractivity contribution is -0.245. The normalized spacial score (nSPS) is 20.9. The third kappa shape index (κ3) is 3.72. The quantitative estimate of drug-likeness (QED) is 0.388. The van der Waals surface area contributed by atoms with E-state index >= 15 is 0 Å². The van der Waals surface area contributed by atoms with Crippen LogP contribution < -0.4 is 4.13 Å². The molecule has 1 fully saturated rings. The van der Waals surface area contributed by atoms with Crippen LogP contribution in [-0.2, 0) is 31.3 Å². The van der Waals surface area contributed by atoms with Gasteiger partial charge in [-0.3, -0.25) is 4.55 Å². The lowest BCUT2D eigenvalue weighted by Gasteiger charge is -2.37. The molecule has 1 aliphatic heterocycles. The first-order valence-electron chi connectivity index (χ1n) is 6.36. The van der Waals surface area contributed by atoms with E-state index in [4.69, 9.17) is 4.55 Å². The summed E-state index contributed by atoms with van der Waals surface area (Å²) in [5, 5.41) is -13.3. The second kappa shape index (κ2) is 7.13. The summed E-state index contributed by atoms with van der Waals surface area (Å²) < 4.78 is 147. The van der Waals surface area contributed by atoms with Crippen molar-refractivity contribution >= 4 is 31.3 Å². The van der Waals surface area contributed by atoms with Gasteiger partial charge in [-0.2, -0.15) is 30.6 Å². The highest BCUT2D eigenvalue weighted by molar-refractivity contribution is 8.00. The van der Waals surface area contributed by atoms with E-state index < -0.39 is 60.8 Å². The zero-order valence-electron chi connectivity index (χ0n) is 12.7. The minimum absolute atomic E-state index is 0.0959. The van der Waals surface area contributed by atoms with Crippen LogP contribution in [0.25, 0.3) is 0 Å². The van der Waals surface area contributed by atoms with E-state index in [1.54, 1.807) is 0 Å². The van der Waals surface area contributed by atoms with Gasteiger partial charge < -0.3 is 4.90 Å². The Kier molecular flexibility index (Phi) is 6.45. The van der Waals surface area contributed by atoms with Gasteiger partial charge in [0.25, 0.3) is 20.0 Å². The number of nitrogens with zero attached hydrogens (tertiary/aromatic N) is 2. The second-order valence-electron chi connectivity index (χ2n) is 5.15. The highest BCUT2D eigenvalue weighted by Crippen LogP contribution is 2.51. The molecule has 0 bridgehead atoms. The van der Waals surface area contributed by atoms with E-state index in [0.717, 1.165) is 0 Å². The molecule has 1 unspecified atom stereocenters. The van der Waals surface area contributed by atoms with Crippen molar-refractivity contribution in [3.8, 4) is 0 Å². The van der Waals surface area contributed by atoms with Gasteiger partial charge in [-0.1, -0.05) is 0 Å². The minimum Gasteiger partial charge on any atom is -0.304 e. The first kappa shape index (κ1) is 23.5. The van der Waals surface area contributed by atoms with Crippen molar-refractivity contribution in [1.29, 1.82) is 0 Å². The zero-order chi connectivity index (χ0) is 20.8. The van der Waals surface area contributed by atoms with Crippen molar-refractivity contribution in [2.45, 2.75) is 16.4 Å². The standard InChI is InChI=1S/C8H13F6N3O6S3/c1-16-2-4-17(5-3-16)26(22,23)8(13,14)6(9,10)7(11,12)25(20,21)15-24(18)19/h15H,2-5H2,1H3,(H,18,19). The van der Waals surface area contributed by atoms with Crippen LogP contribution in [0.3, 0.4) is 0 Å². The number of sulfonamides is 2. The fraction of sp³-hybridized carbons (Fsp3) is 1.00. The molecule has 0 aliphatic carbocycles. The van der Waals surface area contributed by atoms with Gasteiger partial charge >= 0.3 is 16.4 Å². The van der Waals surface area contributed by atoms with Gasteiger partial charge in [-0.05, 0) is 7.05 Å². The number of alkyl halides is 6. The summed E-state index contributed by atoms with van der Waals surface area (Å²) in [6, 6.07) is 0. The van der Waals surface area contributed by atoms with E-state index in [9.17, 15) is 47.4 Å². The monoisotopic (exact) mass is 457 g/mol. The molecule has 1 atom stereocenters. The van der Waals surface area contributed by atoms with Gasteiger partial charge in [-0.25, -0.2) is 21.0 Å². The average molecular weight is 457 g/mol. The summed E-state index contributed by atoms with van der Waals surface area (Å²) in [6.07, 6.45) is 0. The summed E-state index contributed by atoms with van der Waals surface area (Å²) in [7, 11) is -11.8. The van der Waals surface area contributed by atoms with Gasteiger partial charge in [-0.15, -0.1) is 4.13 Å². The minimum atomic E-state index is -6.96. The van der Waals surface area contributed by atoms with Gasteiger partial charge in [0, 0.05) is 26.2 Å². The van der Waals surface area contributed by atoms with Gasteiger partial charge in [0.15, 0.2) is 0 Å². The number of hydrogen-bond acceptors (Lipinski definition) is 6. The highest BCUT2D eigenvalue weighted by Gasteiger charge is 2.82. The van der Waals surface area contributed by atoms with Crippen LogP contribution in [-0.4, -0.2) is 84.5 Å². The maximum absolute atomic E-state index is 13.9. The molecular weight excluding hydrogens is 444 g/mol. The molecule has 26 heavy (non-hydrogen) atoms. The Morgan fingerprint density at radius 1 is 0.923 bits per heavy atom. The summed E-state index contributed by atoms with van der Waals surface area (Å²) >= 11 is -3.83. The van der Waals surface area contributed by atoms with Crippen LogP contribution in [0.15, 0.2) is 0 Å². The molecule has 0 radical (unpaired) electrons. The summed E-state index contributed by atoms with van der Waals surface area (Å²) in [5.41, 5.74) is 0. The third-order valence-corrected chi connectivity index (χ3v) is 7.70. The molecular formula is C8H13F6N3O6S3. The fourth-order valence-corrected chi connectivity index (χ4v) is 4.96. The van der Waals surface area contributed by atoms with E-state index in [-0.39, 0.29) is 21.5 Å². The maximum atomic E-state index is 13.9. The molecule has 18 heteroatoms. The van der Waals surface area contributed by atoms with Crippen LogP contribution in [0.4, 0.5) is 26.3 Å². The number of nitrogens with one attached hydrogen (secondary N) is 1. The van der Waals surface area contributed by atoms with Crippen LogP contribution >= 0.6 is 0 Å². The molecule has 9 nitrogen and oxygen atoms in total. The molecule has 0 spiro atoms. The Morgan fingerprint density at radius 3 is 1.73 bits per heavy atom. The predicted molar refractivity (Wildman–Crippen MR) is 75.7 cm³/mol. The number of rotatable bonds is 7. The Bertz CT molecular complexity index is 765. The van der Waals surface area contributed by atoms with Crippen molar-refractivity contribution in [3.05, 3.63) is 0 Å². The number of piperazine rings is 1. The fourth-order valence-electron chi connectivity index (χ4n) is 1.84. The highest BCUT2D eigenvalue weighted by atomic mass is 32.3. The molecule has 0 saturated carbocycles. The Hall–Kier alpha value is -0.530. The molecule has 1 rings (SSSR count). The maximum Gasteiger partial charge on any atom is 0.429 e. The number of hydrogen-bond donors (Lipinski definition) is 2. The molecule has 0 amide bonds. The SMILES string of the molecule is CN1CCN(S(=O)(=O)C(F)(F)C(F)(F)C(F)(F)S(=O)(=O)NS(=O)O)CC1. The predicted octanol–water partition coefficient (Wildman–Crippen LogP) is -0.559. The molecule has 1 heterocycles.